The van der Waals surface area contributed by atoms with Crippen LogP contribution in [0.25, 0.3) is 0 Å². The van der Waals surface area contributed by atoms with Gasteiger partial charge in [-0.2, -0.15) is 0 Å². The summed E-state index contributed by atoms with van der Waals surface area (Å²) in [7, 11) is 1.83. The number of hydrogen-bond donors (Lipinski definition) is 1. The van der Waals surface area contributed by atoms with Crippen LogP contribution in [0.2, 0.25) is 0 Å². The van der Waals surface area contributed by atoms with Crippen molar-refractivity contribution in [3.63, 3.8) is 0 Å². The van der Waals surface area contributed by atoms with Crippen molar-refractivity contribution in [2.24, 2.45) is 0 Å². The number of carbonyl (C=O) groups excluding carboxylic acids is 2. The van der Waals surface area contributed by atoms with Crippen LogP contribution in [0.4, 0.5) is 15.8 Å². The number of nitrogens with one attached hydrogen (secondary N) is 1. The quantitative estimate of drug-likeness (QED) is 0.548. The van der Waals surface area contributed by atoms with Gasteiger partial charge in [0.2, 0.25) is 11.8 Å². The fourth-order valence-corrected chi connectivity index (χ4v) is 4.02. The number of allylic oxidation sites excluding steroid dienone is 4. The van der Waals surface area contributed by atoms with E-state index in [-0.39, 0.29) is 27.9 Å². The summed E-state index contributed by atoms with van der Waals surface area (Å²) in [6.45, 7) is 13.6. The van der Waals surface area contributed by atoms with Crippen molar-refractivity contribution in [3.8, 4) is 0 Å². The molecule has 2 amide bonds. The minimum atomic E-state index is -0.637. The molecule has 0 bridgehead atoms. The highest BCUT2D eigenvalue weighted by Gasteiger charge is 2.42. The topological polar surface area (TPSA) is 52.7 Å². The predicted octanol–water partition coefficient (Wildman–Crippen LogP) is 5.71. The molecule has 174 valence electrons. The van der Waals surface area contributed by atoms with Crippen LogP contribution in [0, 0.1) is 0 Å². The normalized spacial score (nSPS) is 19.3. The minimum absolute atomic E-state index is 0.0733. The second-order valence-corrected chi connectivity index (χ2v) is 9.25. The fraction of sp³-hybridized carbons (Fsp3) is 0.417. The van der Waals surface area contributed by atoms with Crippen LogP contribution in [0.5, 0.6) is 0 Å². The molecule has 2 aliphatic heterocycles. The van der Waals surface area contributed by atoms with Crippen LogP contribution in [-0.2, 0) is 15.0 Å². The van der Waals surface area contributed by atoms with Crippen molar-refractivity contribution in [2.75, 3.05) is 30.4 Å². The number of halogens is 3. The van der Waals surface area contributed by atoms with Crippen LogP contribution in [-0.4, -0.2) is 42.9 Å². The molecule has 1 unspecified atom stereocenters. The van der Waals surface area contributed by atoms with Crippen LogP contribution in [0.15, 0.2) is 53.3 Å². The number of benzene rings is 1. The number of likely N-dealkylation sites (tertiary alicyclic amines) is 1. The number of nitrogens with zero attached hydrogens (tertiary/aromatic N) is 2. The van der Waals surface area contributed by atoms with Gasteiger partial charge in [0.1, 0.15) is 5.83 Å². The van der Waals surface area contributed by atoms with Crippen molar-refractivity contribution in [3.05, 3.63) is 58.9 Å². The zero-order valence-electron chi connectivity index (χ0n) is 19.0. The highest BCUT2D eigenvalue weighted by molar-refractivity contribution is 6.43. The average molecular weight is 482 g/mol. The Labute approximate surface area is 199 Å². The summed E-state index contributed by atoms with van der Waals surface area (Å²) in [6, 6.07) is 6.41. The molecule has 0 saturated carbocycles. The maximum atomic E-state index is 12.4. The minimum Gasteiger partial charge on any atom is -0.380 e. The number of carbonyl (C=O) groups is 2. The van der Waals surface area contributed by atoms with Crippen LogP contribution in [0.1, 0.15) is 39.2 Å². The lowest BCUT2D eigenvalue weighted by atomic mass is 9.86. The highest BCUT2D eigenvalue weighted by atomic mass is 35.5. The first-order chi connectivity index (χ1) is 14.9. The lowest BCUT2D eigenvalue weighted by molar-refractivity contribution is -0.129. The molecule has 0 aliphatic carbocycles. The van der Waals surface area contributed by atoms with E-state index in [0.717, 1.165) is 42.5 Å². The first kappa shape index (κ1) is 25.9. The van der Waals surface area contributed by atoms with E-state index < -0.39 is 11.2 Å². The Morgan fingerprint density at radius 1 is 1.34 bits per heavy atom. The molecule has 2 heterocycles. The molecule has 5 nitrogen and oxygen atoms in total. The van der Waals surface area contributed by atoms with Gasteiger partial charge in [0.15, 0.2) is 0 Å². The number of fused-ring (bicyclic) bond motifs is 1. The van der Waals surface area contributed by atoms with Crippen molar-refractivity contribution in [1.29, 1.82) is 0 Å². The van der Waals surface area contributed by atoms with Crippen LogP contribution < -0.4 is 10.2 Å². The van der Waals surface area contributed by atoms with Crippen molar-refractivity contribution in [2.45, 2.75) is 45.1 Å². The molecule has 0 aromatic heterocycles. The monoisotopic (exact) mass is 481 g/mol. The summed E-state index contributed by atoms with van der Waals surface area (Å²) in [5.74, 6) is -0.289. The smallest absolute Gasteiger partial charge is 0.236 e. The maximum absolute atomic E-state index is 12.4. The molecular weight excluding hydrogens is 452 g/mol. The highest BCUT2D eigenvalue weighted by Crippen LogP contribution is 2.42. The number of rotatable bonds is 5. The molecular formula is C24H30Cl2FN3O2. The second-order valence-electron chi connectivity index (χ2n) is 8.39. The molecule has 1 saturated heterocycles. The van der Waals surface area contributed by atoms with Crippen molar-refractivity contribution < 1.29 is 14.0 Å². The molecule has 8 heteroatoms. The zero-order valence-corrected chi connectivity index (χ0v) is 20.5. The first-order valence-electron chi connectivity index (χ1n) is 10.4. The van der Waals surface area contributed by atoms with Gasteiger partial charge in [0.05, 0.1) is 15.5 Å². The largest absolute Gasteiger partial charge is 0.380 e. The molecule has 2 aliphatic rings. The molecule has 1 aromatic carbocycles. The summed E-state index contributed by atoms with van der Waals surface area (Å²) in [6.07, 6.45) is 2.52. The van der Waals surface area contributed by atoms with Gasteiger partial charge in [-0.05, 0) is 44.0 Å². The number of amides is 2. The summed E-state index contributed by atoms with van der Waals surface area (Å²) < 4.78 is 11.9. The van der Waals surface area contributed by atoms with Gasteiger partial charge < -0.3 is 15.1 Å². The van der Waals surface area contributed by atoms with E-state index in [2.05, 4.69) is 18.5 Å². The fourth-order valence-electron chi connectivity index (χ4n) is 3.85. The van der Waals surface area contributed by atoms with Crippen molar-refractivity contribution in [1.82, 2.24) is 4.90 Å². The standard InChI is InChI=1S/C18H25N3O2.C6H5Cl2F/c1-5-16(22)21-9-8-13(11-21)19-12-6-7-14-15(10-12)20(4)17(23)18(14,2)3;1-4(9)3-6(8)5(2)7/h6-7,10,13,19H,5,8-9,11H2,1-4H3;3H,1-2H2/b;6-3+. The lowest BCUT2D eigenvalue weighted by Gasteiger charge is -2.18. The van der Waals surface area contributed by atoms with Gasteiger partial charge in [-0.3, -0.25) is 9.59 Å². The molecule has 1 atom stereocenters. The van der Waals surface area contributed by atoms with E-state index in [1.165, 1.54) is 0 Å². The zero-order chi connectivity index (χ0) is 24.2. The third kappa shape index (κ3) is 5.93. The second kappa shape index (κ2) is 10.5. The average Bonchev–Trinajstić information content (AvgIpc) is 3.25. The van der Waals surface area contributed by atoms with E-state index >= 15 is 0 Å². The van der Waals surface area contributed by atoms with E-state index in [0.29, 0.717) is 6.42 Å². The Bertz CT molecular complexity index is 959. The predicted molar refractivity (Wildman–Crippen MR) is 131 cm³/mol. The molecule has 1 fully saturated rings. The van der Waals surface area contributed by atoms with E-state index in [4.69, 9.17) is 23.2 Å². The van der Waals surface area contributed by atoms with Crippen LogP contribution in [0.3, 0.4) is 0 Å². The molecule has 0 radical (unpaired) electrons. The van der Waals surface area contributed by atoms with Gasteiger partial charge in [0.25, 0.3) is 0 Å². The van der Waals surface area contributed by atoms with E-state index in [1.807, 2.05) is 50.9 Å². The van der Waals surface area contributed by atoms with Crippen LogP contribution >= 0.6 is 23.2 Å². The summed E-state index contributed by atoms with van der Waals surface area (Å²) >= 11 is 10.6. The third-order valence-electron chi connectivity index (χ3n) is 5.63. The maximum Gasteiger partial charge on any atom is 0.236 e. The van der Waals surface area contributed by atoms with Gasteiger partial charge in [0, 0.05) is 44.0 Å². The molecule has 1 N–H and O–H groups in total. The van der Waals surface area contributed by atoms with Gasteiger partial charge in [-0.1, -0.05) is 49.3 Å². The number of anilines is 2. The summed E-state index contributed by atoms with van der Waals surface area (Å²) in [4.78, 5) is 27.8. The summed E-state index contributed by atoms with van der Waals surface area (Å²) in [5, 5.41) is 3.69. The van der Waals surface area contributed by atoms with E-state index in [9.17, 15) is 14.0 Å². The lowest BCUT2D eigenvalue weighted by Crippen LogP contribution is -2.33. The van der Waals surface area contributed by atoms with Gasteiger partial charge >= 0.3 is 0 Å². The van der Waals surface area contributed by atoms with Crippen molar-refractivity contribution >= 4 is 46.4 Å². The first-order valence-corrected chi connectivity index (χ1v) is 11.2. The molecule has 3 rings (SSSR count). The van der Waals surface area contributed by atoms with Gasteiger partial charge in [-0.25, -0.2) is 4.39 Å². The SMILES string of the molecule is C=C(F)/C=C(/Cl)C(=C)Cl.CCC(=O)N1CCC(Nc2ccc3c(c2)N(C)C(=O)C3(C)C)C1. The Kier molecular flexibility index (Phi) is 8.54. The Morgan fingerprint density at radius 3 is 2.53 bits per heavy atom. The molecule has 32 heavy (non-hydrogen) atoms. The number of likely N-dealkylation sites (N-methyl/N-ethyl adjacent to an activating group) is 1. The van der Waals surface area contributed by atoms with Gasteiger partial charge in [-0.15, -0.1) is 0 Å². The third-order valence-corrected chi connectivity index (χ3v) is 6.27. The summed E-state index contributed by atoms with van der Waals surface area (Å²) in [5.41, 5.74) is 2.60. The number of hydrogen-bond acceptors (Lipinski definition) is 3. The molecule has 0 spiro atoms. The Morgan fingerprint density at radius 2 is 2.00 bits per heavy atom. The molecule has 1 aromatic rings. The Hall–Kier alpha value is -2.31. The van der Waals surface area contributed by atoms with E-state index in [1.54, 1.807) is 4.90 Å². The Balaban J connectivity index is 0.000000344.